The van der Waals surface area contributed by atoms with Gasteiger partial charge in [-0.05, 0) is 34.9 Å². The summed E-state index contributed by atoms with van der Waals surface area (Å²) in [6.07, 6.45) is 1.64. The maximum Gasteiger partial charge on any atom is 0.283 e. The van der Waals surface area contributed by atoms with E-state index in [1.165, 1.54) is 11.8 Å². The molecule has 2 aliphatic rings. The highest BCUT2D eigenvalue weighted by Crippen LogP contribution is 2.37. The highest BCUT2D eigenvalue weighted by atomic mass is 35.5. The van der Waals surface area contributed by atoms with Gasteiger partial charge in [-0.2, -0.15) is 4.99 Å². The molecule has 0 bridgehead atoms. The number of carbonyl (C=O) groups is 1. The first-order valence-electron chi connectivity index (χ1n) is 10.2. The fourth-order valence-corrected chi connectivity index (χ4v) is 4.67. The standard InChI is InChI=1S/C26H18ClN3O2S/c27-21-14-18(11-12-23(21)32-15-17-7-3-1-4-8-17)13-20-24(28)30-22(19-9-5-2-6-10-19)16-33-26(30)29-25(20)31/h1-14,16,28H,15H2. The zero-order chi connectivity index (χ0) is 22.8. The quantitative estimate of drug-likeness (QED) is 0.448. The lowest BCUT2D eigenvalue weighted by Gasteiger charge is -2.26. The van der Waals surface area contributed by atoms with Gasteiger partial charge < -0.3 is 4.74 Å². The van der Waals surface area contributed by atoms with E-state index in [4.69, 9.17) is 21.7 Å². The molecule has 33 heavy (non-hydrogen) atoms. The predicted octanol–water partition coefficient (Wildman–Crippen LogP) is 6.22. The maximum atomic E-state index is 12.7. The van der Waals surface area contributed by atoms with Crippen molar-refractivity contribution < 1.29 is 9.53 Å². The van der Waals surface area contributed by atoms with Crippen LogP contribution in [-0.2, 0) is 11.4 Å². The van der Waals surface area contributed by atoms with Gasteiger partial charge in [-0.15, -0.1) is 0 Å². The highest BCUT2D eigenvalue weighted by Gasteiger charge is 2.36. The molecule has 3 aromatic carbocycles. The summed E-state index contributed by atoms with van der Waals surface area (Å²) < 4.78 is 5.83. The lowest BCUT2D eigenvalue weighted by molar-refractivity contribution is -0.114. The molecule has 0 saturated heterocycles. The van der Waals surface area contributed by atoms with Gasteiger partial charge in [-0.3, -0.25) is 15.1 Å². The largest absolute Gasteiger partial charge is 0.487 e. The summed E-state index contributed by atoms with van der Waals surface area (Å²) in [6.45, 7) is 0.406. The van der Waals surface area contributed by atoms with E-state index in [1.807, 2.05) is 72.1 Å². The van der Waals surface area contributed by atoms with Crippen molar-refractivity contribution in [3.05, 3.63) is 112 Å². The number of halogens is 1. The number of thioether (sulfide) groups is 1. The molecular formula is C26H18ClN3O2S. The third-order valence-corrected chi connectivity index (χ3v) is 6.31. The second-order valence-electron chi connectivity index (χ2n) is 7.39. The van der Waals surface area contributed by atoms with Crippen molar-refractivity contribution in [2.45, 2.75) is 6.61 Å². The molecule has 162 valence electrons. The molecule has 0 aliphatic carbocycles. The molecule has 0 saturated carbocycles. The van der Waals surface area contributed by atoms with E-state index in [0.717, 1.165) is 16.8 Å². The third-order valence-electron chi connectivity index (χ3n) is 5.19. The average molecular weight is 472 g/mol. The van der Waals surface area contributed by atoms with Gasteiger partial charge in [0.25, 0.3) is 5.91 Å². The Balaban J connectivity index is 1.39. The summed E-state index contributed by atoms with van der Waals surface area (Å²) in [4.78, 5) is 18.6. The molecule has 7 heteroatoms. The van der Waals surface area contributed by atoms with Gasteiger partial charge in [-0.1, -0.05) is 90.1 Å². The number of amidine groups is 2. The number of carbonyl (C=O) groups excluding carboxylic acids is 1. The topological polar surface area (TPSA) is 65.8 Å². The second-order valence-corrected chi connectivity index (χ2v) is 8.64. The monoisotopic (exact) mass is 471 g/mol. The van der Waals surface area contributed by atoms with Crippen molar-refractivity contribution >= 4 is 52.0 Å². The van der Waals surface area contributed by atoms with Crippen LogP contribution in [0.1, 0.15) is 16.7 Å². The minimum Gasteiger partial charge on any atom is -0.487 e. The van der Waals surface area contributed by atoms with Crippen LogP contribution in [0.4, 0.5) is 0 Å². The molecule has 0 aromatic heterocycles. The van der Waals surface area contributed by atoms with Gasteiger partial charge in [0.1, 0.15) is 18.2 Å². The SMILES string of the molecule is N=C1C(=Cc2ccc(OCc3ccccc3)c(Cl)c2)C(=O)N=C2SC=C(c3ccccc3)N12. The average Bonchev–Trinajstić information content (AvgIpc) is 3.26. The molecule has 5 rings (SSSR count). The number of benzene rings is 3. The van der Waals surface area contributed by atoms with Crippen LogP contribution in [-0.4, -0.2) is 21.8 Å². The van der Waals surface area contributed by atoms with Crippen molar-refractivity contribution in [2.24, 2.45) is 4.99 Å². The molecule has 0 spiro atoms. The Morgan fingerprint density at radius 3 is 2.48 bits per heavy atom. The first-order chi connectivity index (χ1) is 16.1. The Kier molecular flexibility index (Phi) is 5.86. The van der Waals surface area contributed by atoms with Gasteiger partial charge >= 0.3 is 0 Å². The molecule has 0 radical (unpaired) electrons. The molecule has 2 aliphatic heterocycles. The molecule has 1 amide bonds. The van der Waals surface area contributed by atoms with Crippen molar-refractivity contribution in [1.29, 1.82) is 5.41 Å². The molecule has 5 nitrogen and oxygen atoms in total. The van der Waals surface area contributed by atoms with E-state index in [-0.39, 0.29) is 11.4 Å². The predicted molar refractivity (Wildman–Crippen MR) is 134 cm³/mol. The van der Waals surface area contributed by atoms with E-state index in [0.29, 0.717) is 28.1 Å². The van der Waals surface area contributed by atoms with Crippen molar-refractivity contribution in [3.8, 4) is 5.75 Å². The number of amides is 1. The molecule has 0 unspecified atom stereocenters. The minimum absolute atomic E-state index is 0.0885. The van der Waals surface area contributed by atoms with Crippen LogP contribution in [0, 0.1) is 5.41 Å². The zero-order valence-electron chi connectivity index (χ0n) is 17.4. The number of nitrogens with zero attached hydrogens (tertiary/aromatic N) is 2. The molecule has 0 fully saturated rings. The Morgan fingerprint density at radius 1 is 1.03 bits per heavy atom. The first kappa shape index (κ1) is 21.2. The minimum atomic E-state index is -0.443. The summed E-state index contributed by atoms with van der Waals surface area (Å²) in [5.74, 6) is 0.200. The highest BCUT2D eigenvalue weighted by molar-refractivity contribution is 8.17. The van der Waals surface area contributed by atoms with Crippen LogP contribution in [0.25, 0.3) is 11.8 Å². The number of hydrogen-bond donors (Lipinski definition) is 1. The summed E-state index contributed by atoms with van der Waals surface area (Å²) in [7, 11) is 0. The van der Waals surface area contributed by atoms with E-state index < -0.39 is 5.91 Å². The van der Waals surface area contributed by atoms with Crippen molar-refractivity contribution in [2.75, 3.05) is 0 Å². The number of nitrogens with one attached hydrogen (secondary N) is 1. The number of hydrogen-bond acceptors (Lipinski definition) is 4. The van der Waals surface area contributed by atoms with Gasteiger partial charge in [-0.25, -0.2) is 0 Å². The van der Waals surface area contributed by atoms with Crippen molar-refractivity contribution in [1.82, 2.24) is 4.90 Å². The van der Waals surface area contributed by atoms with E-state index in [2.05, 4.69) is 4.99 Å². The Bertz CT molecular complexity index is 1330. The number of rotatable bonds is 5. The second kappa shape index (κ2) is 9.10. The maximum absolute atomic E-state index is 12.7. The summed E-state index contributed by atoms with van der Waals surface area (Å²) >= 11 is 7.78. The smallest absolute Gasteiger partial charge is 0.283 e. The van der Waals surface area contributed by atoms with E-state index in [9.17, 15) is 4.79 Å². The summed E-state index contributed by atoms with van der Waals surface area (Å²) in [5.41, 5.74) is 3.72. The van der Waals surface area contributed by atoms with Crippen LogP contribution in [0.15, 0.2) is 94.8 Å². The summed E-state index contributed by atoms with van der Waals surface area (Å²) in [5, 5.41) is 11.6. The number of aliphatic imine (C=N–C) groups is 1. The molecule has 3 aromatic rings. The van der Waals surface area contributed by atoms with Crippen LogP contribution in [0.2, 0.25) is 5.02 Å². The van der Waals surface area contributed by atoms with E-state index >= 15 is 0 Å². The summed E-state index contributed by atoms with van der Waals surface area (Å²) in [6, 6.07) is 24.9. The van der Waals surface area contributed by atoms with Crippen molar-refractivity contribution in [3.63, 3.8) is 0 Å². The Hall–Kier alpha value is -3.61. The van der Waals surface area contributed by atoms with Gasteiger partial charge in [0.05, 0.1) is 16.3 Å². The fraction of sp³-hybridized carbons (Fsp3) is 0.0385. The zero-order valence-corrected chi connectivity index (χ0v) is 18.9. The van der Waals surface area contributed by atoms with Crippen LogP contribution in [0.3, 0.4) is 0 Å². The molecule has 2 heterocycles. The fourth-order valence-electron chi connectivity index (χ4n) is 3.54. The van der Waals surface area contributed by atoms with Crippen LogP contribution < -0.4 is 4.74 Å². The van der Waals surface area contributed by atoms with Crippen LogP contribution in [0.5, 0.6) is 5.75 Å². The van der Waals surface area contributed by atoms with Gasteiger partial charge in [0, 0.05) is 5.41 Å². The lowest BCUT2D eigenvalue weighted by atomic mass is 10.1. The Labute approximate surface area is 200 Å². The third kappa shape index (κ3) is 4.35. The van der Waals surface area contributed by atoms with E-state index in [1.54, 1.807) is 23.1 Å². The Morgan fingerprint density at radius 2 is 1.76 bits per heavy atom. The first-order valence-corrected chi connectivity index (χ1v) is 11.5. The molecular weight excluding hydrogens is 454 g/mol. The van der Waals surface area contributed by atoms with Gasteiger partial charge in [0.2, 0.25) is 0 Å². The number of fused-ring (bicyclic) bond motifs is 1. The normalized spacial score (nSPS) is 16.5. The number of ether oxygens (including phenoxy) is 1. The molecule has 0 atom stereocenters. The molecule has 1 N–H and O–H groups in total. The van der Waals surface area contributed by atoms with Gasteiger partial charge in [0.15, 0.2) is 5.17 Å². The lowest BCUT2D eigenvalue weighted by Crippen LogP contribution is -2.38. The van der Waals surface area contributed by atoms with Crippen LogP contribution >= 0.6 is 23.4 Å².